The first-order valence-corrected chi connectivity index (χ1v) is 10.3. The van der Waals surface area contributed by atoms with Gasteiger partial charge in [-0.25, -0.2) is 9.79 Å². The van der Waals surface area contributed by atoms with E-state index in [1.54, 1.807) is 54.0 Å². The van der Waals surface area contributed by atoms with Crippen molar-refractivity contribution < 1.29 is 14.5 Å². The quantitative estimate of drug-likeness (QED) is 0.342. The van der Waals surface area contributed by atoms with Crippen molar-refractivity contribution in [1.82, 2.24) is 4.57 Å². The number of nitro benzene ring substituents is 1. The van der Waals surface area contributed by atoms with Gasteiger partial charge in [-0.05, 0) is 55.0 Å². The summed E-state index contributed by atoms with van der Waals surface area (Å²) in [6.45, 7) is 2.79. The summed E-state index contributed by atoms with van der Waals surface area (Å²) in [5, 5.41) is 10.8. The van der Waals surface area contributed by atoms with Crippen LogP contribution in [0.15, 0.2) is 58.3 Å². The van der Waals surface area contributed by atoms with E-state index in [1.807, 2.05) is 4.90 Å². The second-order valence-corrected chi connectivity index (χ2v) is 7.73. The van der Waals surface area contributed by atoms with Crippen LogP contribution in [0, 0.1) is 10.1 Å². The summed E-state index contributed by atoms with van der Waals surface area (Å²) in [6, 6.07) is 13.0. The van der Waals surface area contributed by atoms with Gasteiger partial charge in [-0.3, -0.25) is 19.5 Å². The highest BCUT2D eigenvalue weighted by Crippen LogP contribution is 2.17. The fourth-order valence-corrected chi connectivity index (χ4v) is 4.10. The number of ether oxygens (including phenoxy) is 1. The monoisotopic (exact) mass is 438 g/mol. The Balaban J connectivity index is 1.58. The van der Waals surface area contributed by atoms with Crippen molar-refractivity contribution in [1.29, 1.82) is 0 Å². The Morgan fingerprint density at radius 1 is 1.23 bits per heavy atom. The molecule has 0 saturated heterocycles. The third-order valence-electron chi connectivity index (χ3n) is 4.72. The lowest BCUT2D eigenvalue weighted by Crippen LogP contribution is -2.42. The summed E-state index contributed by atoms with van der Waals surface area (Å²) >= 11 is 1.28. The molecule has 9 nitrogen and oxygen atoms in total. The summed E-state index contributed by atoms with van der Waals surface area (Å²) in [5.74, 6) is -0.375. The van der Waals surface area contributed by atoms with Gasteiger partial charge in [0.1, 0.15) is 13.3 Å². The SMILES string of the molecule is CCOC(=O)c1ccc(N2CN=c3s/c(=C\c4ccc([N+](=O)[O-])cc4)c(=O)n3C2)cc1. The first-order valence-electron chi connectivity index (χ1n) is 9.48. The van der Waals surface area contributed by atoms with E-state index >= 15 is 0 Å². The molecular weight excluding hydrogens is 420 g/mol. The molecular formula is C21H18N4O5S. The molecule has 1 aliphatic heterocycles. The molecule has 31 heavy (non-hydrogen) atoms. The molecule has 1 aromatic heterocycles. The van der Waals surface area contributed by atoms with Crippen LogP contribution in [0.5, 0.6) is 0 Å². The van der Waals surface area contributed by atoms with Gasteiger partial charge in [-0.2, -0.15) is 0 Å². The maximum absolute atomic E-state index is 12.9. The lowest BCUT2D eigenvalue weighted by Gasteiger charge is -2.25. The first-order chi connectivity index (χ1) is 15.0. The van der Waals surface area contributed by atoms with Gasteiger partial charge in [0.15, 0.2) is 4.80 Å². The van der Waals surface area contributed by atoms with Crippen LogP contribution < -0.4 is 19.8 Å². The fourth-order valence-electron chi connectivity index (χ4n) is 3.14. The van der Waals surface area contributed by atoms with E-state index in [0.717, 1.165) is 5.69 Å². The third kappa shape index (κ3) is 4.24. The van der Waals surface area contributed by atoms with Crippen LogP contribution in [0.25, 0.3) is 6.08 Å². The number of rotatable bonds is 5. The minimum atomic E-state index is -0.463. The van der Waals surface area contributed by atoms with E-state index in [-0.39, 0.29) is 17.2 Å². The molecule has 0 saturated carbocycles. The van der Waals surface area contributed by atoms with Gasteiger partial charge in [0.25, 0.3) is 11.2 Å². The number of nitro groups is 1. The maximum Gasteiger partial charge on any atom is 0.338 e. The zero-order valence-corrected chi connectivity index (χ0v) is 17.4. The second-order valence-electron chi connectivity index (χ2n) is 6.72. The molecule has 4 rings (SSSR count). The molecule has 2 aromatic carbocycles. The van der Waals surface area contributed by atoms with Crippen LogP contribution >= 0.6 is 11.3 Å². The van der Waals surface area contributed by atoms with Gasteiger partial charge in [0.05, 0.1) is 21.6 Å². The standard InChI is InChI=1S/C21H18N4O5S/c1-2-30-20(27)15-5-9-16(10-6-15)23-12-22-21-24(13-23)19(26)18(31-21)11-14-3-7-17(8-4-14)25(28)29/h3-11H,2,12-13H2,1H3/b18-11-. The number of non-ortho nitro benzene ring substituents is 1. The van der Waals surface area contributed by atoms with E-state index in [9.17, 15) is 19.7 Å². The van der Waals surface area contributed by atoms with Crippen LogP contribution in [-0.2, 0) is 11.4 Å². The number of esters is 1. The molecule has 0 radical (unpaired) electrons. The number of thiazole rings is 1. The highest BCUT2D eigenvalue weighted by molar-refractivity contribution is 7.07. The van der Waals surface area contributed by atoms with Gasteiger partial charge in [-0.15, -0.1) is 0 Å². The van der Waals surface area contributed by atoms with Crippen LogP contribution in [0.3, 0.4) is 0 Å². The van der Waals surface area contributed by atoms with Crippen molar-refractivity contribution >= 4 is 34.8 Å². The van der Waals surface area contributed by atoms with Gasteiger partial charge >= 0.3 is 5.97 Å². The van der Waals surface area contributed by atoms with Crippen molar-refractivity contribution in [3.8, 4) is 0 Å². The number of hydrogen-bond acceptors (Lipinski definition) is 8. The highest BCUT2D eigenvalue weighted by atomic mass is 32.1. The summed E-state index contributed by atoms with van der Waals surface area (Å²) in [6.07, 6.45) is 1.70. The molecule has 0 bridgehead atoms. The van der Waals surface area contributed by atoms with Crippen LogP contribution in [0.4, 0.5) is 11.4 Å². The van der Waals surface area contributed by atoms with Crippen LogP contribution in [0.2, 0.25) is 0 Å². The first kappa shape index (κ1) is 20.5. The number of nitrogens with zero attached hydrogens (tertiary/aromatic N) is 4. The summed E-state index contributed by atoms with van der Waals surface area (Å²) in [4.78, 5) is 42.1. The molecule has 1 aliphatic rings. The summed E-state index contributed by atoms with van der Waals surface area (Å²) in [5.41, 5.74) is 1.83. The van der Waals surface area contributed by atoms with Crippen molar-refractivity contribution in [2.24, 2.45) is 4.99 Å². The minimum Gasteiger partial charge on any atom is -0.462 e. The van der Waals surface area contributed by atoms with Gasteiger partial charge in [0.2, 0.25) is 0 Å². The van der Waals surface area contributed by atoms with Crippen molar-refractivity contribution in [3.05, 3.63) is 89.5 Å². The Hall–Kier alpha value is -3.79. The molecule has 0 unspecified atom stereocenters. The third-order valence-corrected chi connectivity index (χ3v) is 5.77. The number of hydrogen-bond donors (Lipinski definition) is 0. The number of carbonyl (C=O) groups excluding carboxylic acids is 1. The van der Waals surface area contributed by atoms with Crippen molar-refractivity contribution in [3.63, 3.8) is 0 Å². The smallest absolute Gasteiger partial charge is 0.338 e. The molecule has 0 N–H and O–H groups in total. The van der Waals surface area contributed by atoms with E-state index in [2.05, 4.69) is 4.99 Å². The number of carbonyl (C=O) groups is 1. The summed E-state index contributed by atoms with van der Waals surface area (Å²) in [7, 11) is 0. The molecule has 0 amide bonds. The zero-order chi connectivity index (χ0) is 22.0. The van der Waals surface area contributed by atoms with E-state index in [0.29, 0.717) is 40.4 Å². The predicted octanol–water partition coefficient (Wildman–Crippen LogP) is 1.88. The zero-order valence-electron chi connectivity index (χ0n) is 16.6. The minimum absolute atomic E-state index is 0.000960. The number of aromatic nitrogens is 1. The van der Waals surface area contributed by atoms with E-state index in [4.69, 9.17) is 4.74 Å². The van der Waals surface area contributed by atoms with E-state index < -0.39 is 4.92 Å². The number of fused-ring (bicyclic) bond motifs is 1. The fraction of sp³-hybridized carbons (Fsp3) is 0.190. The van der Waals surface area contributed by atoms with E-state index in [1.165, 1.54) is 23.5 Å². The molecule has 158 valence electrons. The Morgan fingerprint density at radius 3 is 2.58 bits per heavy atom. The van der Waals surface area contributed by atoms with Gasteiger partial charge in [-0.1, -0.05) is 11.3 Å². The molecule has 0 aliphatic carbocycles. The maximum atomic E-state index is 12.9. The molecule has 0 fully saturated rings. The molecule has 3 aromatic rings. The van der Waals surface area contributed by atoms with Crippen LogP contribution in [0.1, 0.15) is 22.8 Å². The Morgan fingerprint density at radius 2 is 1.94 bits per heavy atom. The largest absolute Gasteiger partial charge is 0.462 e. The molecule has 0 atom stereocenters. The number of anilines is 1. The lowest BCUT2D eigenvalue weighted by atomic mass is 10.2. The Kier molecular flexibility index (Phi) is 5.63. The normalized spacial score (nSPS) is 13.5. The second kappa shape index (κ2) is 8.52. The summed E-state index contributed by atoms with van der Waals surface area (Å²) < 4.78 is 7.09. The Bertz CT molecular complexity index is 1310. The van der Waals surface area contributed by atoms with Crippen LogP contribution in [-0.4, -0.2) is 28.7 Å². The van der Waals surface area contributed by atoms with Gasteiger partial charge in [0, 0.05) is 17.8 Å². The lowest BCUT2D eigenvalue weighted by molar-refractivity contribution is -0.384. The van der Waals surface area contributed by atoms with Crippen molar-refractivity contribution in [2.45, 2.75) is 13.6 Å². The van der Waals surface area contributed by atoms with Crippen molar-refractivity contribution in [2.75, 3.05) is 18.2 Å². The number of benzene rings is 2. The highest BCUT2D eigenvalue weighted by Gasteiger charge is 2.17. The average Bonchev–Trinajstić information content (AvgIpc) is 3.09. The Labute approximate surface area is 180 Å². The topological polar surface area (TPSA) is 107 Å². The molecule has 0 spiro atoms. The average molecular weight is 438 g/mol. The predicted molar refractivity (Wildman–Crippen MR) is 116 cm³/mol. The molecule has 10 heteroatoms. The molecule has 2 heterocycles. The van der Waals surface area contributed by atoms with Gasteiger partial charge < -0.3 is 9.64 Å².